The van der Waals surface area contributed by atoms with Crippen molar-refractivity contribution in [1.82, 2.24) is 0 Å². The number of benzene rings is 2. The molecule has 2 aromatic carbocycles. The summed E-state index contributed by atoms with van der Waals surface area (Å²) in [7, 11) is 2.32. The van der Waals surface area contributed by atoms with E-state index in [2.05, 4.69) is 48.6 Å². The number of rotatable bonds is 2. The number of likely N-dealkylation sites (tertiary alicyclic amines) is 1. The van der Waals surface area contributed by atoms with Crippen LogP contribution in [0.3, 0.4) is 0 Å². The molecule has 3 atom stereocenters. The second kappa shape index (κ2) is 6.04. The number of nitrogens with one attached hydrogen (secondary N) is 1. The van der Waals surface area contributed by atoms with Crippen molar-refractivity contribution < 1.29 is 4.90 Å². The summed E-state index contributed by atoms with van der Waals surface area (Å²) in [6.45, 7) is 4.69. The molecule has 2 heterocycles. The van der Waals surface area contributed by atoms with Gasteiger partial charge in [-0.3, -0.25) is 0 Å². The van der Waals surface area contributed by atoms with Gasteiger partial charge < -0.3 is 9.21 Å². The van der Waals surface area contributed by atoms with Gasteiger partial charge in [-0.05, 0) is 54.8 Å². The molecule has 0 radical (unpaired) electrons. The SMILES string of the molecule is Cc1ccc2c(c1)[C@H]1C[NH+](C)CC[C@@H]1N2Sc1ccc(Cl)cc1. The van der Waals surface area contributed by atoms with Crippen molar-refractivity contribution in [3.05, 3.63) is 58.6 Å². The Labute approximate surface area is 147 Å². The van der Waals surface area contributed by atoms with Gasteiger partial charge in [-0.25, -0.2) is 0 Å². The van der Waals surface area contributed by atoms with Gasteiger partial charge in [0.2, 0.25) is 0 Å². The van der Waals surface area contributed by atoms with Crippen LogP contribution in [0.4, 0.5) is 5.69 Å². The summed E-state index contributed by atoms with van der Waals surface area (Å²) in [4.78, 5) is 2.91. The molecule has 2 aliphatic rings. The van der Waals surface area contributed by atoms with Crippen LogP contribution in [0.5, 0.6) is 0 Å². The van der Waals surface area contributed by atoms with Gasteiger partial charge in [-0.1, -0.05) is 29.3 Å². The third-order valence-corrected chi connectivity index (χ3v) is 6.44. The first-order valence-corrected chi connectivity index (χ1v) is 9.41. The highest BCUT2D eigenvalue weighted by atomic mass is 35.5. The summed E-state index contributed by atoms with van der Waals surface area (Å²) >= 11 is 7.89. The average Bonchev–Trinajstić information content (AvgIpc) is 2.82. The van der Waals surface area contributed by atoms with Crippen molar-refractivity contribution in [2.45, 2.75) is 30.2 Å². The zero-order valence-electron chi connectivity index (χ0n) is 13.6. The monoisotopic (exact) mass is 345 g/mol. The van der Waals surface area contributed by atoms with Crippen LogP contribution in [0.15, 0.2) is 47.4 Å². The summed E-state index contributed by atoms with van der Waals surface area (Å²) in [5.41, 5.74) is 4.31. The normalized spacial score (nSPS) is 26.0. The zero-order chi connectivity index (χ0) is 16.0. The van der Waals surface area contributed by atoms with Crippen LogP contribution in [0.25, 0.3) is 0 Å². The third-order valence-electron chi connectivity index (χ3n) is 5.04. The largest absolute Gasteiger partial charge is 0.337 e. The van der Waals surface area contributed by atoms with Gasteiger partial charge in [0.05, 0.1) is 37.8 Å². The van der Waals surface area contributed by atoms with Crippen LogP contribution in [-0.2, 0) is 0 Å². The molecule has 0 saturated carbocycles. The minimum atomic E-state index is 0.608. The van der Waals surface area contributed by atoms with Crippen molar-refractivity contribution in [3.63, 3.8) is 0 Å². The Morgan fingerprint density at radius 2 is 1.96 bits per heavy atom. The second-order valence-electron chi connectivity index (χ2n) is 6.81. The van der Waals surface area contributed by atoms with E-state index in [9.17, 15) is 0 Å². The van der Waals surface area contributed by atoms with E-state index in [0.717, 1.165) is 5.02 Å². The highest BCUT2D eigenvalue weighted by Crippen LogP contribution is 2.47. The predicted octanol–water partition coefficient (Wildman–Crippen LogP) is 3.55. The standard InChI is InChI=1S/C19H21ClN2S/c1-13-3-8-18-16(11-13)17-12-21(2)10-9-19(17)22(18)23-15-6-4-14(20)5-7-15/h3-8,11,17,19H,9-10,12H2,1-2H3/p+1/t17-,19+/m1/s1. The van der Waals surface area contributed by atoms with Gasteiger partial charge in [0.1, 0.15) is 0 Å². The van der Waals surface area contributed by atoms with E-state index in [1.54, 1.807) is 4.90 Å². The van der Waals surface area contributed by atoms with Gasteiger partial charge in [-0.2, -0.15) is 0 Å². The van der Waals surface area contributed by atoms with E-state index >= 15 is 0 Å². The highest BCUT2D eigenvalue weighted by Gasteiger charge is 2.43. The van der Waals surface area contributed by atoms with Gasteiger partial charge in [0.15, 0.2) is 0 Å². The molecule has 1 N–H and O–H groups in total. The van der Waals surface area contributed by atoms with E-state index in [4.69, 9.17) is 11.6 Å². The lowest BCUT2D eigenvalue weighted by molar-refractivity contribution is -0.886. The molecule has 1 unspecified atom stereocenters. The molecule has 120 valence electrons. The van der Waals surface area contributed by atoms with E-state index in [1.165, 1.54) is 41.2 Å². The van der Waals surface area contributed by atoms with Crippen LogP contribution < -0.4 is 9.21 Å². The number of hydrogen-bond acceptors (Lipinski definition) is 2. The maximum atomic E-state index is 6.03. The minimum Gasteiger partial charge on any atom is -0.337 e. The first-order chi connectivity index (χ1) is 11.1. The number of aryl methyl sites for hydroxylation is 1. The number of anilines is 1. The molecule has 2 aromatic rings. The molecular weight excluding hydrogens is 324 g/mol. The van der Waals surface area contributed by atoms with E-state index < -0.39 is 0 Å². The molecule has 0 amide bonds. The van der Waals surface area contributed by atoms with Crippen molar-refractivity contribution >= 4 is 29.2 Å². The number of quaternary nitrogens is 1. The van der Waals surface area contributed by atoms with Gasteiger partial charge in [-0.15, -0.1) is 0 Å². The number of hydrogen-bond donors (Lipinski definition) is 1. The molecule has 0 bridgehead atoms. The van der Waals surface area contributed by atoms with E-state index in [1.807, 2.05) is 24.1 Å². The average molecular weight is 346 g/mol. The quantitative estimate of drug-likeness (QED) is 0.832. The number of nitrogens with zero attached hydrogens (tertiary/aromatic N) is 1. The number of fused-ring (bicyclic) bond motifs is 3. The Kier molecular flexibility index (Phi) is 4.04. The van der Waals surface area contributed by atoms with E-state index in [-0.39, 0.29) is 0 Å². The van der Waals surface area contributed by atoms with Crippen LogP contribution in [-0.4, -0.2) is 26.2 Å². The second-order valence-corrected chi connectivity index (χ2v) is 8.29. The fourth-order valence-electron chi connectivity index (χ4n) is 3.88. The molecule has 0 aliphatic carbocycles. The molecule has 2 nitrogen and oxygen atoms in total. The Balaban J connectivity index is 1.70. The maximum absolute atomic E-state index is 6.03. The van der Waals surface area contributed by atoms with Gasteiger partial charge in [0, 0.05) is 16.3 Å². The molecule has 4 rings (SSSR count). The van der Waals surface area contributed by atoms with Crippen molar-refractivity contribution in [1.29, 1.82) is 0 Å². The van der Waals surface area contributed by atoms with Gasteiger partial charge in [0.25, 0.3) is 0 Å². The number of piperidine rings is 1. The molecule has 2 aliphatic heterocycles. The van der Waals surface area contributed by atoms with Crippen LogP contribution in [0, 0.1) is 6.92 Å². The van der Waals surface area contributed by atoms with Crippen LogP contribution in [0.2, 0.25) is 5.02 Å². The Morgan fingerprint density at radius 3 is 2.74 bits per heavy atom. The minimum absolute atomic E-state index is 0.608. The van der Waals surface area contributed by atoms with Crippen LogP contribution in [0.1, 0.15) is 23.5 Å². The predicted molar refractivity (Wildman–Crippen MR) is 98.7 cm³/mol. The number of likely N-dealkylation sites (N-methyl/N-ethyl adjacent to an activating group) is 1. The molecular formula is C19H22ClN2S+. The maximum Gasteiger partial charge on any atom is 0.0859 e. The first-order valence-electron chi connectivity index (χ1n) is 8.26. The summed E-state index contributed by atoms with van der Waals surface area (Å²) in [5.74, 6) is 0.651. The molecule has 4 heteroatoms. The lowest BCUT2D eigenvalue weighted by Gasteiger charge is -2.34. The zero-order valence-corrected chi connectivity index (χ0v) is 15.1. The summed E-state index contributed by atoms with van der Waals surface area (Å²) in [5, 5.41) is 0.799. The summed E-state index contributed by atoms with van der Waals surface area (Å²) < 4.78 is 2.55. The lowest BCUT2D eigenvalue weighted by Crippen LogP contribution is -3.11. The van der Waals surface area contributed by atoms with Crippen LogP contribution >= 0.6 is 23.5 Å². The molecule has 0 aromatic heterocycles. The Hall–Kier alpha value is -1.16. The first kappa shape index (κ1) is 15.4. The molecule has 0 spiro atoms. The Bertz CT molecular complexity index is 716. The molecule has 1 saturated heterocycles. The van der Waals surface area contributed by atoms with Gasteiger partial charge >= 0.3 is 0 Å². The lowest BCUT2D eigenvalue weighted by atomic mass is 9.89. The van der Waals surface area contributed by atoms with Crippen molar-refractivity contribution in [2.24, 2.45) is 0 Å². The molecule has 23 heavy (non-hydrogen) atoms. The van der Waals surface area contributed by atoms with Crippen molar-refractivity contribution in [2.75, 3.05) is 24.4 Å². The Morgan fingerprint density at radius 1 is 1.17 bits per heavy atom. The highest BCUT2D eigenvalue weighted by molar-refractivity contribution is 8.00. The third kappa shape index (κ3) is 2.86. The van der Waals surface area contributed by atoms with E-state index in [0.29, 0.717) is 12.0 Å². The summed E-state index contributed by atoms with van der Waals surface area (Å²) in [6.07, 6.45) is 1.25. The number of halogens is 1. The topological polar surface area (TPSA) is 7.68 Å². The summed E-state index contributed by atoms with van der Waals surface area (Å²) in [6, 6.07) is 15.7. The molecule has 1 fully saturated rings. The fourth-order valence-corrected chi connectivity index (χ4v) is 5.15. The fraction of sp³-hybridized carbons (Fsp3) is 0.368. The van der Waals surface area contributed by atoms with Crippen molar-refractivity contribution in [3.8, 4) is 0 Å². The smallest absolute Gasteiger partial charge is 0.0859 e.